The number of furan rings is 1. The molecule has 0 saturated heterocycles. The van der Waals surface area contributed by atoms with Crippen molar-refractivity contribution >= 4 is 22.7 Å². The van der Waals surface area contributed by atoms with Crippen LogP contribution >= 0.6 is 11.3 Å². The van der Waals surface area contributed by atoms with Crippen LogP contribution in [0.3, 0.4) is 0 Å². The van der Waals surface area contributed by atoms with Gasteiger partial charge in [0.25, 0.3) is 0 Å². The number of aromatic nitrogens is 1. The Bertz CT molecular complexity index is 777. The Morgan fingerprint density at radius 2 is 2.13 bits per heavy atom. The highest BCUT2D eigenvalue weighted by molar-refractivity contribution is 7.15. The Hall–Kier alpha value is -2.60. The van der Waals surface area contributed by atoms with Gasteiger partial charge in [-0.3, -0.25) is 5.43 Å². The number of nitrogens with one attached hydrogen (secondary N) is 1. The van der Waals surface area contributed by atoms with E-state index in [1.165, 1.54) is 0 Å². The van der Waals surface area contributed by atoms with E-state index in [0.29, 0.717) is 12.4 Å². The van der Waals surface area contributed by atoms with Gasteiger partial charge in [-0.25, -0.2) is 4.98 Å². The molecule has 0 saturated carbocycles. The Morgan fingerprint density at radius 1 is 1.30 bits per heavy atom. The molecule has 0 spiro atoms. The lowest BCUT2D eigenvalue weighted by molar-refractivity contribution is 0.340. The van der Waals surface area contributed by atoms with E-state index in [9.17, 15) is 0 Å². The zero-order valence-electron chi connectivity index (χ0n) is 12.9. The summed E-state index contributed by atoms with van der Waals surface area (Å²) < 4.78 is 10.6. The number of nitrogens with zero attached hydrogens (tertiary/aromatic N) is 2. The van der Waals surface area contributed by atoms with E-state index in [0.717, 1.165) is 27.0 Å². The maximum atomic E-state index is 5.46. The number of ether oxygens (including phenoxy) is 1. The van der Waals surface area contributed by atoms with E-state index in [1.807, 2.05) is 50.2 Å². The molecular weight excluding hydrogens is 310 g/mol. The summed E-state index contributed by atoms with van der Waals surface area (Å²) in [5.41, 5.74) is 4.95. The summed E-state index contributed by atoms with van der Waals surface area (Å²) in [6.45, 7) is 4.68. The molecule has 0 radical (unpaired) electrons. The Balaban J connectivity index is 1.72. The fourth-order valence-corrected chi connectivity index (χ4v) is 2.89. The van der Waals surface area contributed by atoms with Crippen LogP contribution in [0.2, 0.25) is 0 Å². The van der Waals surface area contributed by atoms with E-state index >= 15 is 0 Å². The van der Waals surface area contributed by atoms with Crippen LogP contribution in [0.5, 0.6) is 5.75 Å². The van der Waals surface area contributed by atoms with Gasteiger partial charge in [0.2, 0.25) is 5.13 Å². The van der Waals surface area contributed by atoms with Crippen molar-refractivity contribution in [2.75, 3.05) is 12.0 Å². The first-order valence-electron chi connectivity index (χ1n) is 7.29. The third-order valence-electron chi connectivity index (χ3n) is 3.13. The number of hydrogen-bond donors (Lipinski definition) is 1. The first kappa shape index (κ1) is 15.3. The third kappa shape index (κ3) is 3.78. The zero-order valence-corrected chi connectivity index (χ0v) is 13.8. The predicted octanol–water partition coefficient (Wildman–Crippen LogP) is 4.56. The molecule has 2 heterocycles. The predicted molar refractivity (Wildman–Crippen MR) is 93.4 cm³/mol. The van der Waals surface area contributed by atoms with Crippen LogP contribution in [0.4, 0.5) is 5.13 Å². The van der Waals surface area contributed by atoms with Crippen molar-refractivity contribution in [2.24, 2.45) is 5.10 Å². The van der Waals surface area contributed by atoms with Crippen molar-refractivity contribution in [2.45, 2.75) is 13.8 Å². The molecule has 23 heavy (non-hydrogen) atoms. The second-order valence-corrected chi connectivity index (χ2v) is 5.97. The molecule has 0 aliphatic rings. The van der Waals surface area contributed by atoms with Crippen LogP contribution in [-0.4, -0.2) is 17.8 Å². The van der Waals surface area contributed by atoms with E-state index in [4.69, 9.17) is 9.15 Å². The summed E-state index contributed by atoms with van der Waals surface area (Å²) >= 11 is 1.56. The van der Waals surface area contributed by atoms with Crippen LogP contribution in [0, 0.1) is 6.92 Å². The average Bonchev–Trinajstić information content (AvgIpc) is 3.19. The van der Waals surface area contributed by atoms with Gasteiger partial charge in [0.1, 0.15) is 11.5 Å². The van der Waals surface area contributed by atoms with Gasteiger partial charge in [-0.15, -0.1) is 11.3 Å². The largest absolute Gasteiger partial charge is 0.494 e. The molecule has 3 rings (SSSR count). The van der Waals surface area contributed by atoms with Crippen molar-refractivity contribution in [1.82, 2.24) is 4.98 Å². The van der Waals surface area contributed by atoms with E-state index in [1.54, 1.807) is 23.8 Å². The summed E-state index contributed by atoms with van der Waals surface area (Å²) in [5, 5.41) is 4.87. The van der Waals surface area contributed by atoms with Gasteiger partial charge in [0, 0.05) is 10.4 Å². The number of benzene rings is 1. The molecule has 0 amide bonds. The van der Waals surface area contributed by atoms with Gasteiger partial charge in [-0.1, -0.05) is 0 Å². The van der Waals surface area contributed by atoms with Crippen molar-refractivity contribution in [3.8, 4) is 17.0 Å². The quantitative estimate of drug-likeness (QED) is 0.533. The molecule has 0 unspecified atom stereocenters. The summed E-state index contributed by atoms with van der Waals surface area (Å²) in [4.78, 5) is 5.73. The molecule has 0 aliphatic carbocycles. The molecule has 0 aliphatic heterocycles. The van der Waals surface area contributed by atoms with Crippen molar-refractivity contribution in [1.29, 1.82) is 0 Å². The average molecular weight is 327 g/mol. The van der Waals surface area contributed by atoms with Crippen LogP contribution < -0.4 is 10.2 Å². The Labute approximate surface area is 138 Å². The number of hydrazone groups is 1. The fraction of sp³-hybridized carbons (Fsp3) is 0.176. The standard InChI is InChI=1S/C17H17N3O2S/c1-3-21-14-8-6-13(7-9-14)16-12(2)23-17(19-16)20-18-11-15-5-4-10-22-15/h4-11H,3H2,1-2H3,(H,19,20). The minimum Gasteiger partial charge on any atom is -0.494 e. The molecule has 3 aromatic rings. The summed E-state index contributed by atoms with van der Waals surface area (Å²) in [6.07, 6.45) is 3.23. The first-order valence-corrected chi connectivity index (χ1v) is 8.11. The minimum atomic E-state index is 0.664. The highest BCUT2D eigenvalue weighted by Gasteiger charge is 2.09. The van der Waals surface area contributed by atoms with Gasteiger partial charge in [0.05, 0.1) is 24.8 Å². The van der Waals surface area contributed by atoms with Gasteiger partial charge >= 0.3 is 0 Å². The maximum Gasteiger partial charge on any atom is 0.204 e. The molecule has 0 fully saturated rings. The molecular formula is C17H17N3O2S. The number of aryl methyl sites for hydroxylation is 1. The minimum absolute atomic E-state index is 0.664. The van der Waals surface area contributed by atoms with Crippen LogP contribution in [0.25, 0.3) is 11.3 Å². The van der Waals surface area contributed by atoms with E-state index in [2.05, 4.69) is 15.5 Å². The van der Waals surface area contributed by atoms with E-state index < -0.39 is 0 Å². The number of hydrogen-bond acceptors (Lipinski definition) is 6. The van der Waals surface area contributed by atoms with Gasteiger partial charge in [-0.05, 0) is 50.2 Å². The molecule has 1 aromatic carbocycles. The lowest BCUT2D eigenvalue weighted by atomic mass is 10.1. The Kier molecular flexibility index (Phi) is 4.73. The van der Waals surface area contributed by atoms with Crippen molar-refractivity contribution < 1.29 is 9.15 Å². The number of thiazole rings is 1. The van der Waals surface area contributed by atoms with Gasteiger partial charge < -0.3 is 9.15 Å². The van der Waals surface area contributed by atoms with Gasteiger partial charge in [-0.2, -0.15) is 5.10 Å². The molecule has 6 heteroatoms. The molecule has 2 aromatic heterocycles. The lowest BCUT2D eigenvalue weighted by Gasteiger charge is -2.03. The molecule has 1 N–H and O–H groups in total. The molecule has 0 bridgehead atoms. The maximum absolute atomic E-state index is 5.46. The number of anilines is 1. The molecule has 5 nitrogen and oxygen atoms in total. The summed E-state index contributed by atoms with van der Waals surface area (Å²) in [7, 11) is 0. The van der Waals surface area contributed by atoms with Gasteiger partial charge in [0.15, 0.2) is 0 Å². The molecule has 118 valence electrons. The van der Waals surface area contributed by atoms with Crippen molar-refractivity contribution in [3.05, 3.63) is 53.3 Å². The topological polar surface area (TPSA) is 59.6 Å². The molecule has 0 atom stereocenters. The van der Waals surface area contributed by atoms with E-state index in [-0.39, 0.29) is 0 Å². The third-order valence-corrected chi connectivity index (χ3v) is 4.01. The second-order valence-electron chi connectivity index (χ2n) is 4.77. The first-order chi connectivity index (χ1) is 11.3. The lowest BCUT2D eigenvalue weighted by Crippen LogP contribution is -1.91. The smallest absolute Gasteiger partial charge is 0.204 e. The highest BCUT2D eigenvalue weighted by atomic mass is 32.1. The van der Waals surface area contributed by atoms with Crippen LogP contribution in [0.1, 0.15) is 17.6 Å². The van der Waals surface area contributed by atoms with Crippen LogP contribution in [-0.2, 0) is 0 Å². The fourth-order valence-electron chi connectivity index (χ4n) is 2.10. The highest BCUT2D eigenvalue weighted by Crippen LogP contribution is 2.31. The van der Waals surface area contributed by atoms with Crippen LogP contribution in [0.15, 0.2) is 52.2 Å². The normalized spacial score (nSPS) is 11.0. The summed E-state index contributed by atoms with van der Waals surface area (Å²) in [6, 6.07) is 11.6. The second kappa shape index (κ2) is 7.11. The number of rotatable bonds is 6. The van der Waals surface area contributed by atoms with Crippen molar-refractivity contribution in [3.63, 3.8) is 0 Å². The summed E-state index contributed by atoms with van der Waals surface area (Å²) in [5.74, 6) is 1.56. The monoisotopic (exact) mass is 327 g/mol. The SMILES string of the molecule is CCOc1ccc(-c2nc(NN=Cc3ccco3)sc2C)cc1. The zero-order chi connectivity index (χ0) is 16.1. The Morgan fingerprint density at radius 3 is 2.83 bits per heavy atom.